The summed E-state index contributed by atoms with van der Waals surface area (Å²) in [7, 11) is 2.48. The summed E-state index contributed by atoms with van der Waals surface area (Å²) in [4.78, 5) is 30.5. The molecule has 1 unspecified atom stereocenters. The maximum absolute atomic E-state index is 13.4. The Labute approximate surface area is 187 Å². The van der Waals surface area contributed by atoms with Crippen molar-refractivity contribution in [2.45, 2.75) is 61.3 Å². The lowest BCUT2D eigenvalue weighted by Crippen LogP contribution is -2.81. The predicted molar refractivity (Wildman–Crippen MR) is 116 cm³/mol. The van der Waals surface area contributed by atoms with Crippen LogP contribution in [-0.4, -0.2) is 77.8 Å². The Balaban J connectivity index is 1.91. The van der Waals surface area contributed by atoms with Crippen LogP contribution in [0.2, 0.25) is 0 Å². The van der Waals surface area contributed by atoms with Gasteiger partial charge in [0.05, 0.1) is 26.0 Å². The lowest BCUT2D eigenvalue weighted by Gasteiger charge is -2.61. The van der Waals surface area contributed by atoms with Gasteiger partial charge in [0.1, 0.15) is 5.54 Å². The molecule has 5 rings (SSSR count). The average Bonchev–Trinajstić information content (AvgIpc) is 3.33. The van der Waals surface area contributed by atoms with Gasteiger partial charge >= 0.3 is 12.1 Å². The fourth-order valence-electron chi connectivity index (χ4n) is 7.39. The van der Waals surface area contributed by atoms with E-state index in [0.29, 0.717) is 24.9 Å². The molecule has 1 saturated heterocycles. The number of nitrogens with zero attached hydrogens (tertiary/aromatic N) is 2. The van der Waals surface area contributed by atoms with Crippen LogP contribution in [0.5, 0.6) is 0 Å². The molecule has 1 amide bonds. The quantitative estimate of drug-likeness (QED) is 0.543. The molecule has 2 fully saturated rings. The van der Waals surface area contributed by atoms with E-state index in [4.69, 9.17) is 9.47 Å². The molecule has 1 aromatic rings. The fraction of sp³-hybridized carbons (Fsp3) is 0.583. The van der Waals surface area contributed by atoms with Gasteiger partial charge in [-0.15, -0.1) is 0 Å². The minimum Gasteiger partial charge on any atom is -0.467 e. The summed E-state index contributed by atoms with van der Waals surface area (Å²) in [6, 6.07) is 7.47. The van der Waals surface area contributed by atoms with Gasteiger partial charge in [-0.1, -0.05) is 29.8 Å². The Morgan fingerprint density at radius 2 is 1.94 bits per heavy atom. The van der Waals surface area contributed by atoms with Crippen molar-refractivity contribution < 1.29 is 29.3 Å². The molecular formula is C24H30N2O6. The Kier molecular flexibility index (Phi) is 4.71. The second-order valence-electron chi connectivity index (χ2n) is 9.34. The highest BCUT2D eigenvalue weighted by atomic mass is 16.6. The van der Waals surface area contributed by atoms with Crippen LogP contribution in [-0.2, 0) is 19.7 Å². The van der Waals surface area contributed by atoms with Crippen LogP contribution >= 0.6 is 0 Å². The number of rotatable bonds is 3. The monoisotopic (exact) mass is 442 g/mol. The number of methoxy groups -OCH3 is 2. The number of amides is 1. The molecular weight excluding hydrogens is 412 g/mol. The molecule has 5 atom stereocenters. The Morgan fingerprint density at radius 1 is 1.19 bits per heavy atom. The molecule has 32 heavy (non-hydrogen) atoms. The number of para-hydroxylation sites is 1. The zero-order chi connectivity index (χ0) is 22.9. The molecule has 0 radical (unpaired) electrons. The summed E-state index contributed by atoms with van der Waals surface area (Å²) < 4.78 is 10.3. The summed E-state index contributed by atoms with van der Waals surface area (Å²) in [5.74, 6) is -0.949. The van der Waals surface area contributed by atoms with Gasteiger partial charge in [0.25, 0.3) is 0 Å². The number of benzene rings is 1. The summed E-state index contributed by atoms with van der Waals surface area (Å²) in [6.07, 6.45) is 2.58. The molecule has 0 aromatic heterocycles. The number of ether oxygens (including phenoxy) is 2. The highest BCUT2D eigenvalue weighted by molar-refractivity contribution is 5.99. The molecule has 172 valence electrons. The summed E-state index contributed by atoms with van der Waals surface area (Å²) in [5, 5.41) is 23.2. The summed E-state index contributed by atoms with van der Waals surface area (Å²) in [5.41, 5.74) is -1.88. The van der Waals surface area contributed by atoms with E-state index in [-0.39, 0.29) is 6.04 Å². The van der Waals surface area contributed by atoms with Crippen molar-refractivity contribution in [1.82, 2.24) is 4.90 Å². The van der Waals surface area contributed by atoms with Crippen molar-refractivity contribution in [3.8, 4) is 0 Å². The molecule has 0 bridgehead atoms. The van der Waals surface area contributed by atoms with Crippen molar-refractivity contribution >= 4 is 17.7 Å². The number of aliphatic hydroxyl groups is 2. The molecule has 3 heterocycles. The third-order valence-electron chi connectivity index (χ3n) is 8.41. The van der Waals surface area contributed by atoms with Crippen molar-refractivity contribution in [2.24, 2.45) is 0 Å². The van der Waals surface area contributed by atoms with Crippen LogP contribution in [0.3, 0.4) is 0 Å². The third-order valence-corrected chi connectivity index (χ3v) is 8.41. The molecule has 8 nitrogen and oxygen atoms in total. The standard InChI is InChI=1S/C24H30N2O6/c1-15(27)24(30,20(28)31-2)23-11-10-16-7-6-13-25-14-12-22(23,19(16)25)17-8-4-5-9-18(17)26(23)21(29)32-3/h4-5,7-9,15,19,27,30H,6,10-14H2,1-3H3/t15-,19-,22+,23?,24+/m0/s1. The minimum absolute atomic E-state index is 0.0873. The number of fused-ring (bicyclic) bond motifs is 1. The minimum atomic E-state index is -2.37. The lowest BCUT2D eigenvalue weighted by atomic mass is 9.49. The average molecular weight is 443 g/mol. The number of hydrogen-bond acceptors (Lipinski definition) is 7. The van der Waals surface area contributed by atoms with Crippen molar-refractivity contribution in [2.75, 3.05) is 32.2 Å². The van der Waals surface area contributed by atoms with Crippen LogP contribution in [0.1, 0.15) is 38.2 Å². The topological polar surface area (TPSA) is 99.5 Å². The molecule has 1 aromatic carbocycles. The van der Waals surface area contributed by atoms with Crippen LogP contribution < -0.4 is 4.90 Å². The van der Waals surface area contributed by atoms with Crippen LogP contribution in [0.15, 0.2) is 35.9 Å². The Hall–Kier alpha value is -2.42. The normalized spacial score (nSPS) is 33.3. The first-order valence-corrected chi connectivity index (χ1v) is 11.2. The van der Waals surface area contributed by atoms with E-state index in [1.807, 2.05) is 24.3 Å². The zero-order valence-corrected chi connectivity index (χ0v) is 18.7. The van der Waals surface area contributed by atoms with Gasteiger partial charge in [-0.25, -0.2) is 9.59 Å². The maximum Gasteiger partial charge on any atom is 0.414 e. The molecule has 8 heteroatoms. The second kappa shape index (κ2) is 7.04. The number of anilines is 1. The predicted octanol–water partition coefficient (Wildman–Crippen LogP) is 1.73. The van der Waals surface area contributed by atoms with Gasteiger partial charge < -0.3 is 19.7 Å². The molecule has 1 saturated carbocycles. The van der Waals surface area contributed by atoms with Crippen molar-refractivity contribution in [3.63, 3.8) is 0 Å². The maximum atomic E-state index is 13.4. The number of carbonyl (C=O) groups is 2. The van der Waals surface area contributed by atoms with Crippen molar-refractivity contribution in [1.29, 1.82) is 0 Å². The highest BCUT2D eigenvalue weighted by Crippen LogP contribution is 2.68. The van der Waals surface area contributed by atoms with Crippen molar-refractivity contribution in [3.05, 3.63) is 41.5 Å². The van der Waals surface area contributed by atoms with E-state index in [0.717, 1.165) is 25.1 Å². The lowest BCUT2D eigenvalue weighted by molar-refractivity contribution is -0.196. The van der Waals surface area contributed by atoms with Gasteiger partial charge in [-0.2, -0.15) is 0 Å². The first kappa shape index (κ1) is 21.4. The van der Waals surface area contributed by atoms with Gasteiger partial charge in [-0.3, -0.25) is 9.80 Å². The number of carbonyl (C=O) groups excluding carboxylic acids is 2. The first-order valence-electron chi connectivity index (χ1n) is 11.2. The van der Waals surface area contributed by atoms with Gasteiger partial charge in [0.2, 0.25) is 5.60 Å². The summed E-state index contributed by atoms with van der Waals surface area (Å²) >= 11 is 0. The molecule has 1 spiro atoms. The fourth-order valence-corrected chi connectivity index (χ4v) is 7.39. The van der Waals surface area contributed by atoms with Gasteiger partial charge in [-0.05, 0) is 50.8 Å². The molecule has 3 aliphatic heterocycles. The Bertz CT molecular complexity index is 1010. The van der Waals surface area contributed by atoms with Crippen LogP contribution in [0.25, 0.3) is 0 Å². The number of hydrogen-bond donors (Lipinski definition) is 2. The van der Waals surface area contributed by atoms with Crippen LogP contribution in [0.4, 0.5) is 10.5 Å². The first-order chi connectivity index (χ1) is 15.3. The second-order valence-corrected chi connectivity index (χ2v) is 9.34. The zero-order valence-electron chi connectivity index (χ0n) is 18.7. The van der Waals surface area contributed by atoms with E-state index >= 15 is 0 Å². The number of esters is 1. The molecule has 2 N–H and O–H groups in total. The SMILES string of the molecule is COC(=O)N1c2ccccc2[C@@]23CCN4CCC=C(CCC12[C@](O)(C(=O)OC)[C@H](C)O)[C@H]43. The summed E-state index contributed by atoms with van der Waals surface area (Å²) in [6.45, 7) is 3.03. The van der Waals surface area contributed by atoms with E-state index < -0.39 is 34.7 Å². The van der Waals surface area contributed by atoms with E-state index in [9.17, 15) is 19.8 Å². The Morgan fingerprint density at radius 3 is 2.62 bits per heavy atom. The van der Waals surface area contributed by atoms with Crippen LogP contribution in [0, 0.1) is 0 Å². The van der Waals surface area contributed by atoms with Gasteiger partial charge in [0, 0.05) is 18.0 Å². The third kappa shape index (κ3) is 2.18. The van der Waals surface area contributed by atoms with E-state index in [1.54, 1.807) is 0 Å². The molecule has 1 aliphatic carbocycles. The highest BCUT2D eigenvalue weighted by Gasteiger charge is 2.80. The van der Waals surface area contributed by atoms with E-state index in [1.165, 1.54) is 31.6 Å². The van der Waals surface area contributed by atoms with E-state index in [2.05, 4.69) is 11.0 Å². The van der Waals surface area contributed by atoms with Gasteiger partial charge in [0.15, 0.2) is 0 Å². The largest absolute Gasteiger partial charge is 0.467 e. The number of aliphatic hydroxyl groups excluding tert-OH is 1. The smallest absolute Gasteiger partial charge is 0.414 e. The molecule has 4 aliphatic rings.